The zero-order valence-electron chi connectivity index (χ0n) is 23.1. The van der Waals surface area contributed by atoms with Crippen molar-refractivity contribution in [3.63, 3.8) is 0 Å². The first-order chi connectivity index (χ1) is 17.8. The fourth-order valence-corrected chi connectivity index (χ4v) is 5.96. The van der Waals surface area contributed by atoms with Gasteiger partial charge >= 0.3 is 0 Å². The van der Waals surface area contributed by atoms with Crippen molar-refractivity contribution in [2.24, 2.45) is 0 Å². The maximum atomic E-state index is 2.38. The first-order valence-corrected chi connectivity index (χ1v) is 14.9. The van der Waals surface area contributed by atoms with E-state index in [1.165, 1.54) is 101 Å². The SMILES string of the molecule is CCCCCCCCCCCCCCC(CC)[N+](c1ccccc1)(c1ccccc1)c1ccccc1. The Morgan fingerprint density at radius 2 is 0.778 bits per heavy atom. The van der Waals surface area contributed by atoms with Crippen LogP contribution in [0.3, 0.4) is 0 Å². The molecule has 0 N–H and O–H groups in total. The van der Waals surface area contributed by atoms with Crippen molar-refractivity contribution >= 4 is 17.1 Å². The van der Waals surface area contributed by atoms with Gasteiger partial charge in [-0.1, -0.05) is 139 Å². The summed E-state index contributed by atoms with van der Waals surface area (Å²) in [7, 11) is 0. The monoisotopic (exact) mass is 484 g/mol. The predicted molar refractivity (Wildman–Crippen MR) is 160 cm³/mol. The molecule has 194 valence electrons. The number of rotatable bonds is 18. The first-order valence-electron chi connectivity index (χ1n) is 14.9. The smallest absolute Gasteiger partial charge is 0.143 e. The number of quaternary nitrogens is 1. The molecule has 1 heteroatoms. The van der Waals surface area contributed by atoms with Gasteiger partial charge in [0.2, 0.25) is 0 Å². The molecule has 0 saturated carbocycles. The maximum absolute atomic E-state index is 2.38. The maximum Gasteiger partial charge on any atom is 0.143 e. The largest absolute Gasteiger partial charge is 0.224 e. The van der Waals surface area contributed by atoms with Crippen LogP contribution in [0.4, 0.5) is 17.1 Å². The van der Waals surface area contributed by atoms with E-state index in [9.17, 15) is 0 Å². The lowest BCUT2D eigenvalue weighted by Gasteiger charge is -2.43. The van der Waals surface area contributed by atoms with E-state index in [0.717, 1.165) is 10.9 Å². The topological polar surface area (TPSA) is 0 Å². The van der Waals surface area contributed by atoms with Crippen LogP contribution in [-0.2, 0) is 0 Å². The van der Waals surface area contributed by atoms with Gasteiger partial charge in [-0.2, -0.15) is 0 Å². The molecule has 3 aromatic carbocycles. The van der Waals surface area contributed by atoms with Crippen LogP contribution in [0.15, 0.2) is 91.0 Å². The normalized spacial score (nSPS) is 12.5. The highest BCUT2D eigenvalue weighted by Crippen LogP contribution is 2.47. The van der Waals surface area contributed by atoms with Crippen molar-refractivity contribution < 1.29 is 0 Å². The number of para-hydroxylation sites is 3. The summed E-state index contributed by atoms with van der Waals surface area (Å²) in [4.78, 5) is 0. The minimum atomic E-state index is 0.500. The molecule has 0 bridgehead atoms. The Labute approximate surface area is 222 Å². The lowest BCUT2D eigenvalue weighted by Crippen LogP contribution is -2.48. The van der Waals surface area contributed by atoms with Crippen molar-refractivity contribution in [1.29, 1.82) is 0 Å². The molecule has 0 aliphatic heterocycles. The van der Waals surface area contributed by atoms with E-state index in [1.54, 1.807) is 0 Å². The van der Waals surface area contributed by atoms with Gasteiger partial charge in [0.05, 0.1) is 0 Å². The van der Waals surface area contributed by atoms with E-state index >= 15 is 0 Å². The van der Waals surface area contributed by atoms with Gasteiger partial charge in [0.1, 0.15) is 23.1 Å². The number of hydrogen-bond donors (Lipinski definition) is 0. The molecular weight excluding hydrogens is 434 g/mol. The molecule has 3 aromatic rings. The second kappa shape index (κ2) is 16.4. The standard InChI is InChI=1S/C35H50N/c1-3-5-6-7-8-9-10-11-12-13-14-18-25-32(4-2)36(33-26-19-15-20-27-33,34-28-21-16-22-29-34)35-30-23-17-24-31-35/h15-17,19-24,26-32H,3-14,18,25H2,1-2H3/q+1. The average Bonchev–Trinajstić information content (AvgIpc) is 2.94. The van der Waals surface area contributed by atoms with E-state index in [-0.39, 0.29) is 0 Å². The molecule has 0 fully saturated rings. The van der Waals surface area contributed by atoms with Gasteiger partial charge in [-0.25, -0.2) is 4.48 Å². The average molecular weight is 485 g/mol. The highest BCUT2D eigenvalue weighted by Gasteiger charge is 2.42. The second-order valence-electron chi connectivity index (χ2n) is 10.5. The third-order valence-corrected chi connectivity index (χ3v) is 7.90. The predicted octanol–water partition coefficient (Wildman–Crippen LogP) is 11.5. The Hall–Kier alpha value is -2.38. The highest BCUT2D eigenvalue weighted by molar-refractivity contribution is 5.71. The molecule has 0 spiro atoms. The Balaban J connectivity index is 1.65. The van der Waals surface area contributed by atoms with Crippen molar-refractivity contribution in [3.05, 3.63) is 91.0 Å². The minimum absolute atomic E-state index is 0.500. The molecule has 36 heavy (non-hydrogen) atoms. The molecule has 1 atom stereocenters. The molecule has 0 aliphatic rings. The Bertz CT molecular complexity index is 822. The van der Waals surface area contributed by atoms with Crippen molar-refractivity contribution in [2.75, 3.05) is 0 Å². The Morgan fingerprint density at radius 1 is 0.444 bits per heavy atom. The van der Waals surface area contributed by atoms with Crippen LogP contribution in [0.25, 0.3) is 0 Å². The van der Waals surface area contributed by atoms with E-state index in [1.807, 2.05) is 0 Å². The molecule has 1 nitrogen and oxygen atoms in total. The Morgan fingerprint density at radius 3 is 1.11 bits per heavy atom. The van der Waals surface area contributed by atoms with Gasteiger partial charge in [0.25, 0.3) is 0 Å². The zero-order chi connectivity index (χ0) is 25.3. The van der Waals surface area contributed by atoms with Crippen LogP contribution in [-0.4, -0.2) is 6.04 Å². The van der Waals surface area contributed by atoms with Gasteiger partial charge in [-0.05, 0) is 49.2 Å². The summed E-state index contributed by atoms with van der Waals surface area (Å²) in [6, 6.07) is 34.1. The summed E-state index contributed by atoms with van der Waals surface area (Å²) >= 11 is 0. The molecular formula is C35H50N+. The molecule has 0 heterocycles. The van der Waals surface area contributed by atoms with Gasteiger partial charge in [0, 0.05) is 6.42 Å². The summed E-state index contributed by atoms with van der Waals surface area (Å²) in [6.07, 6.45) is 19.2. The highest BCUT2D eigenvalue weighted by atomic mass is 15.4. The molecule has 0 amide bonds. The third-order valence-electron chi connectivity index (χ3n) is 7.90. The zero-order valence-corrected chi connectivity index (χ0v) is 23.1. The summed E-state index contributed by atoms with van der Waals surface area (Å²) in [6.45, 7) is 4.68. The third kappa shape index (κ3) is 7.81. The molecule has 0 aliphatic carbocycles. The van der Waals surface area contributed by atoms with Crippen LogP contribution < -0.4 is 4.48 Å². The summed E-state index contributed by atoms with van der Waals surface area (Å²) < 4.78 is 0.803. The number of unbranched alkanes of at least 4 members (excludes halogenated alkanes) is 11. The van der Waals surface area contributed by atoms with Gasteiger partial charge < -0.3 is 0 Å². The molecule has 3 rings (SSSR count). The van der Waals surface area contributed by atoms with Crippen LogP contribution in [0.5, 0.6) is 0 Å². The lowest BCUT2D eigenvalue weighted by atomic mass is 9.96. The molecule has 1 unspecified atom stereocenters. The van der Waals surface area contributed by atoms with E-state index in [2.05, 4.69) is 105 Å². The minimum Gasteiger partial charge on any atom is -0.224 e. The fraction of sp³-hybridized carbons (Fsp3) is 0.486. The second-order valence-corrected chi connectivity index (χ2v) is 10.5. The van der Waals surface area contributed by atoms with E-state index in [0.29, 0.717) is 6.04 Å². The quantitative estimate of drug-likeness (QED) is 0.124. The van der Waals surface area contributed by atoms with Crippen LogP contribution >= 0.6 is 0 Å². The van der Waals surface area contributed by atoms with Crippen molar-refractivity contribution in [2.45, 2.75) is 110 Å². The van der Waals surface area contributed by atoms with E-state index < -0.39 is 0 Å². The number of hydrogen-bond acceptors (Lipinski definition) is 0. The molecule has 0 aromatic heterocycles. The fourth-order valence-electron chi connectivity index (χ4n) is 5.96. The van der Waals surface area contributed by atoms with Crippen LogP contribution in [0, 0.1) is 0 Å². The first kappa shape index (κ1) is 28.2. The summed E-state index contributed by atoms with van der Waals surface area (Å²) in [5, 5.41) is 0. The van der Waals surface area contributed by atoms with Gasteiger partial charge in [-0.3, -0.25) is 0 Å². The molecule has 0 saturated heterocycles. The van der Waals surface area contributed by atoms with Gasteiger partial charge in [-0.15, -0.1) is 0 Å². The van der Waals surface area contributed by atoms with Crippen LogP contribution in [0.1, 0.15) is 104 Å². The van der Waals surface area contributed by atoms with E-state index in [4.69, 9.17) is 0 Å². The lowest BCUT2D eigenvalue weighted by molar-refractivity contribution is 0.337. The number of benzene rings is 3. The Kier molecular flexibility index (Phi) is 12.8. The van der Waals surface area contributed by atoms with Crippen LogP contribution in [0.2, 0.25) is 0 Å². The number of nitrogens with zero attached hydrogens (tertiary/aromatic N) is 1. The summed E-state index contributed by atoms with van der Waals surface area (Å²) in [5.41, 5.74) is 4.09. The van der Waals surface area contributed by atoms with Gasteiger partial charge in [0.15, 0.2) is 0 Å². The molecule has 0 radical (unpaired) electrons. The van der Waals surface area contributed by atoms with Crippen molar-refractivity contribution in [3.8, 4) is 0 Å². The van der Waals surface area contributed by atoms with Crippen molar-refractivity contribution in [1.82, 2.24) is 4.48 Å². The summed E-state index contributed by atoms with van der Waals surface area (Å²) in [5.74, 6) is 0.